The molecule has 0 aliphatic rings. The van der Waals surface area contributed by atoms with Crippen molar-refractivity contribution in [2.75, 3.05) is 6.54 Å². The molecule has 1 heterocycles. The third-order valence-corrected chi connectivity index (χ3v) is 4.51. The number of hydrogen-bond donors (Lipinski definition) is 2. The van der Waals surface area contributed by atoms with E-state index in [-0.39, 0.29) is 5.54 Å². The Kier molecular flexibility index (Phi) is 5.86. The highest BCUT2D eigenvalue weighted by Gasteiger charge is 2.20. The standard InChI is InChI=1S/C22H28N4/c1-18(20-8-5-4-6-9-20)25-22(2,3)17-23-16-19-10-12-21(13-11-19)26-15-7-14-24-26/h4-15,18,23,25H,16-17H2,1-3H3. The lowest BCUT2D eigenvalue weighted by molar-refractivity contribution is 0.330. The fourth-order valence-corrected chi connectivity index (χ4v) is 3.17. The summed E-state index contributed by atoms with van der Waals surface area (Å²) in [6.07, 6.45) is 3.75. The molecule has 0 radical (unpaired) electrons. The van der Waals surface area contributed by atoms with Gasteiger partial charge in [0.05, 0.1) is 5.69 Å². The van der Waals surface area contributed by atoms with Gasteiger partial charge in [-0.2, -0.15) is 5.10 Å². The molecule has 0 saturated carbocycles. The molecule has 26 heavy (non-hydrogen) atoms. The minimum atomic E-state index is 0.00423. The second-order valence-electron chi connectivity index (χ2n) is 7.38. The molecule has 1 unspecified atom stereocenters. The predicted molar refractivity (Wildman–Crippen MR) is 107 cm³/mol. The number of aromatic nitrogens is 2. The van der Waals surface area contributed by atoms with Crippen molar-refractivity contribution in [2.24, 2.45) is 0 Å². The largest absolute Gasteiger partial charge is 0.311 e. The van der Waals surface area contributed by atoms with Crippen LogP contribution in [0.3, 0.4) is 0 Å². The van der Waals surface area contributed by atoms with Crippen LogP contribution in [0.25, 0.3) is 5.69 Å². The van der Waals surface area contributed by atoms with Gasteiger partial charge >= 0.3 is 0 Å². The van der Waals surface area contributed by atoms with E-state index in [2.05, 4.69) is 91.1 Å². The van der Waals surface area contributed by atoms with Gasteiger partial charge in [0.25, 0.3) is 0 Å². The van der Waals surface area contributed by atoms with Crippen LogP contribution in [0.2, 0.25) is 0 Å². The summed E-state index contributed by atoms with van der Waals surface area (Å²) >= 11 is 0. The first kappa shape index (κ1) is 18.4. The average Bonchev–Trinajstić information content (AvgIpc) is 3.17. The summed E-state index contributed by atoms with van der Waals surface area (Å²) < 4.78 is 1.87. The zero-order valence-corrected chi connectivity index (χ0v) is 15.8. The first-order valence-corrected chi connectivity index (χ1v) is 9.16. The lowest BCUT2D eigenvalue weighted by atomic mass is 10.0. The topological polar surface area (TPSA) is 41.9 Å². The molecule has 0 aliphatic heterocycles. The summed E-state index contributed by atoms with van der Waals surface area (Å²) in [5.74, 6) is 0. The van der Waals surface area contributed by atoms with E-state index in [0.717, 1.165) is 18.8 Å². The molecular formula is C22H28N4. The summed E-state index contributed by atoms with van der Waals surface area (Å²) in [4.78, 5) is 0. The average molecular weight is 348 g/mol. The zero-order valence-electron chi connectivity index (χ0n) is 15.8. The summed E-state index contributed by atoms with van der Waals surface area (Å²) in [6, 6.07) is 21.3. The molecule has 136 valence electrons. The van der Waals surface area contributed by atoms with Crippen LogP contribution in [0.1, 0.15) is 37.9 Å². The minimum absolute atomic E-state index is 0.00423. The smallest absolute Gasteiger partial charge is 0.0645 e. The highest BCUT2D eigenvalue weighted by Crippen LogP contribution is 2.16. The Morgan fingerprint density at radius 3 is 2.38 bits per heavy atom. The SMILES string of the molecule is CC(NC(C)(C)CNCc1ccc(-n2cccn2)cc1)c1ccccc1. The Balaban J connectivity index is 1.49. The van der Waals surface area contributed by atoms with Crippen molar-refractivity contribution in [1.29, 1.82) is 0 Å². The number of nitrogens with one attached hydrogen (secondary N) is 2. The Morgan fingerprint density at radius 2 is 1.73 bits per heavy atom. The molecule has 1 aromatic heterocycles. The van der Waals surface area contributed by atoms with Crippen molar-refractivity contribution >= 4 is 0 Å². The van der Waals surface area contributed by atoms with Crippen LogP contribution in [0.15, 0.2) is 73.1 Å². The van der Waals surface area contributed by atoms with Crippen LogP contribution >= 0.6 is 0 Å². The Hall–Kier alpha value is -2.43. The van der Waals surface area contributed by atoms with Gasteiger partial charge in [-0.3, -0.25) is 0 Å². The molecule has 4 heteroatoms. The quantitative estimate of drug-likeness (QED) is 0.644. The molecule has 0 aliphatic carbocycles. The Labute approximate surface area is 156 Å². The predicted octanol–water partition coefficient (Wildman–Crippen LogP) is 4.09. The molecule has 4 nitrogen and oxygen atoms in total. The van der Waals surface area contributed by atoms with Crippen LogP contribution in [0.4, 0.5) is 0 Å². The molecule has 2 N–H and O–H groups in total. The Bertz CT molecular complexity index is 777. The highest BCUT2D eigenvalue weighted by atomic mass is 15.3. The Morgan fingerprint density at radius 1 is 1.00 bits per heavy atom. The maximum Gasteiger partial charge on any atom is 0.0645 e. The van der Waals surface area contributed by atoms with E-state index in [1.54, 1.807) is 6.20 Å². The molecule has 2 aromatic carbocycles. The van der Waals surface area contributed by atoms with Crippen molar-refractivity contribution in [2.45, 2.75) is 38.9 Å². The van der Waals surface area contributed by atoms with E-state index >= 15 is 0 Å². The van der Waals surface area contributed by atoms with Crippen molar-refractivity contribution in [1.82, 2.24) is 20.4 Å². The fraction of sp³-hybridized carbons (Fsp3) is 0.318. The van der Waals surface area contributed by atoms with Crippen molar-refractivity contribution < 1.29 is 0 Å². The fourth-order valence-electron chi connectivity index (χ4n) is 3.17. The molecule has 0 bridgehead atoms. The van der Waals surface area contributed by atoms with Gasteiger partial charge in [0, 0.05) is 37.1 Å². The van der Waals surface area contributed by atoms with Crippen molar-refractivity contribution in [3.05, 3.63) is 84.2 Å². The minimum Gasteiger partial charge on any atom is -0.311 e. The van der Waals surface area contributed by atoms with Crippen LogP contribution in [-0.4, -0.2) is 21.9 Å². The number of benzene rings is 2. The molecular weight excluding hydrogens is 320 g/mol. The maximum absolute atomic E-state index is 4.26. The van der Waals surface area contributed by atoms with E-state index < -0.39 is 0 Å². The molecule has 0 spiro atoms. The normalized spacial score (nSPS) is 12.9. The number of rotatable bonds is 8. The molecule has 1 atom stereocenters. The summed E-state index contributed by atoms with van der Waals surface area (Å²) in [6.45, 7) is 8.43. The number of nitrogens with zero attached hydrogens (tertiary/aromatic N) is 2. The zero-order chi connectivity index (χ0) is 18.4. The van der Waals surface area contributed by atoms with E-state index in [1.807, 2.05) is 16.9 Å². The van der Waals surface area contributed by atoms with Gasteiger partial charge < -0.3 is 10.6 Å². The first-order valence-electron chi connectivity index (χ1n) is 9.16. The third-order valence-electron chi connectivity index (χ3n) is 4.51. The summed E-state index contributed by atoms with van der Waals surface area (Å²) in [7, 11) is 0. The van der Waals surface area contributed by atoms with Crippen molar-refractivity contribution in [3.63, 3.8) is 0 Å². The second kappa shape index (κ2) is 8.30. The van der Waals surface area contributed by atoms with Gasteiger partial charge in [-0.15, -0.1) is 0 Å². The van der Waals surface area contributed by atoms with Gasteiger partial charge in [0.2, 0.25) is 0 Å². The van der Waals surface area contributed by atoms with Gasteiger partial charge in [-0.05, 0) is 50.1 Å². The first-order chi connectivity index (χ1) is 12.5. The van der Waals surface area contributed by atoms with E-state index in [1.165, 1.54) is 11.1 Å². The lowest BCUT2D eigenvalue weighted by Gasteiger charge is -2.31. The van der Waals surface area contributed by atoms with Crippen LogP contribution < -0.4 is 10.6 Å². The monoisotopic (exact) mass is 348 g/mol. The summed E-state index contributed by atoms with van der Waals surface area (Å²) in [5, 5.41) is 11.5. The molecule has 3 aromatic rings. The molecule has 0 fully saturated rings. The van der Waals surface area contributed by atoms with Gasteiger partial charge in [0.1, 0.15) is 0 Å². The summed E-state index contributed by atoms with van der Waals surface area (Å²) in [5.41, 5.74) is 3.67. The second-order valence-corrected chi connectivity index (χ2v) is 7.38. The van der Waals surface area contributed by atoms with Gasteiger partial charge in [0.15, 0.2) is 0 Å². The van der Waals surface area contributed by atoms with Crippen LogP contribution in [-0.2, 0) is 6.54 Å². The molecule has 0 saturated heterocycles. The highest BCUT2D eigenvalue weighted by molar-refractivity contribution is 5.33. The van der Waals surface area contributed by atoms with E-state index in [4.69, 9.17) is 0 Å². The van der Waals surface area contributed by atoms with Gasteiger partial charge in [-0.1, -0.05) is 42.5 Å². The van der Waals surface area contributed by atoms with Gasteiger partial charge in [-0.25, -0.2) is 4.68 Å². The van der Waals surface area contributed by atoms with Crippen LogP contribution in [0, 0.1) is 0 Å². The third kappa shape index (κ3) is 5.04. The van der Waals surface area contributed by atoms with E-state index in [0.29, 0.717) is 6.04 Å². The molecule has 3 rings (SSSR count). The maximum atomic E-state index is 4.26. The van der Waals surface area contributed by atoms with Crippen molar-refractivity contribution in [3.8, 4) is 5.69 Å². The number of hydrogen-bond acceptors (Lipinski definition) is 3. The lowest BCUT2D eigenvalue weighted by Crippen LogP contribution is -2.48. The molecule has 0 amide bonds. The van der Waals surface area contributed by atoms with Crippen LogP contribution in [0.5, 0.6) is 0 Å². The van der Waals surface area contributed by atoms with E-state index in [9.17, 15) is 0 Å².